The monoisotopic (exact) mass is 227 g/mol. The predicted molar refractivity (Wildman–Crippen MR) is 64.6 cm³/mol. The van der Waals surface area contributed by atoms with Crippen LogP contribution in [0, 0.1) is 6.92 Å². The summed E-state index contributed by atoms with van der Waals surface area (Å²) in [5.74, 6) is 0.923. The number of hydrogen-bond donors (Lipinski definition) is 1. The number of ether oxygens (including phenoxy) is 1. The van der Waals surface area contributed by atoms with Crippen LogP contribution in [-0.2, 0) is 0 Å². The Bertz CT molecular complexity index is 302. The van der Waals surface area contributed by atoms with E-state index in [4.69, 9.17) is 22.1 Å². The van der Waals surface area contributed by atoms with Crippen molar-refractivity contribution in [1.29, 1.82) is 0 Å². The Labute approximate surface area is 96.4 Å². The molecule has 0 fully saturated rings. The first-order valence-electron chi connectivity index (χ1n) is 5.33. The third-order valence-electron chi connectivity index (χ3n) is 2.24. The van der Waals surface area contributed by atoms with Gasteiger partial charge in [0, 0.05) is 5.02 Å². The number of rotatable bonds is 6. The van der Waals surface area contributed by atoms with Crippen LogP contribution in [0.3, 0.4) is 0 Å². The summed E-state index contributed by atoms with van der Waals surface area (Å²) >= 11 is 5.85. The van der Waals surface area contributed by atoms with Crippen LogP contribution in [0.15, 0.2) is 18.2 Å². The molecule has 2 nitrogen and oxygen atoms in total. The second-order valence-electron chi connectivity index (χ2n) is 3.61. The topological polar surface area (TPSA) is 35.2 Å². The zero-order valence-corrected chi connectivity index (χ0v) is 9.89. The summed E-state index contributed by atoms with van der Waals surface area (Å²) in [6, 6.07) is 5.68. The van der Waals surface area contributed by atoms with Crippen molar-refractivity contribution in [3.8, 4) is 5.75 Å². The molecule has 0 radical (unpaired) electrons. The molecule has 0 amide bonds. The highest BCUT2D eigenvalue weighted by Gasteiger charge is 1.99. The van der Waals surface area contributed by atoms with Crippen molar-refractivity contribution in [2.75, 3.05) is 13.2 Å². The molecule has 0 aromatic heterocycles. The van der Waals surface area contributed by atoms with E-state index >= 15 is 0 Å². The largest absolute Gasteiger partial charge is 0.493 e. The van der Waals surface area contributed by atoms with Crippen molar-refractivity contribution < 1.29 is 4.74 Å². The average molecular weight is 228 g/mol. The van der Waals surface area contributed by atoms with E-state index in [1.54, 1.807) is 0 Å². The van der Waals surface area contributed by atoms with Gasteiger partial charge in [-0.2, -0.15) is 0 Å². The molecule has 0 aliphatic rings. The number of halogens is 1. The summed E-state index contributed by atoms with van der Waals surface area (Å²) in [6.07, 6.45) is 3.26. The van der Waals surface area contributed by atoms with Crippen LogP contribution < -0.4 is 10.5 Å². The summed E-state index contributed by atoms with van der Waals surface area (Å²) in [5, 5.41) is 0.753. The van der Waals surface area contributed by atoms with Crippen LogP contribution in [0.25, 0.3) is 0 Å². The molecule has 1 aromatic rings. The number of unbranched alkanes of at least 4 members (excludes halogenated alkanes) is 2. The third-order valence-corrected chi connectivity index (χ3v) is 2.48. The number of hydrogen-bond acceptors (Lipinski definition) is 2. The van der Waals surface area contributed by atoms with E-state index < -0.39 is 0 Å². The summed E-state index contributed by atoms with van der Waals surface area (Å²) in [7, 11) is 0. The van der Waals surface area contributed by atoms with Crippen molar-refractivity contribution in [2.24, 2.45) is 5.73 Å². The molecule has 0 saturated heterocycles. The van der Waals surface area contributed by atoms with Crippen LogP contribution in [0.2, 0.25) is 5.02 Å². The van der Waals surface area contributed by atoms with Gasteiger partial charge >= 0.3 is 0 Å². The van der Waals surface area contributed by atoms with Gasteiger partial charge in [0.05, 0.1) is 6.61 Å². The molecule has 1 rings (SSSR count). The molecule has 1 aromatic carbocycles. The maximum absolute atomic E-state index is 5.85. The molecule has 0 atom stereocenters. The fourth-order valence-corrected chi connectivity index (χ4v) is 1.61. The maximum atomic E-state index is 5.85. The Morgan fingerprint density at radius 1 is 1.27 bits per heavy atom. The van der Waals surface area contributed by atoms with Crippen LogP contribution in [-0.4, -0.2) is 13.2 Å². The third kappa shape index (κ3) is 4.54. The molecular formula is C12H18ClNO. The Kier molecular flexibility index (Phi) is 5.51. The summed E-state index contributed by atoms with van der Waals surface area (Å²) < 4.78 is 5.64. The number of benzene rings is 1. The van der Waals surface area contributed by atoms with Gasteiger partial charge in [0.2, 0.25) is 0 Å². The first kappa shape index (κ1) is 12.3. The van der Waals surface area contributed by atoms with Crippen molar-refractivity contribution in [3.05, 3.63) is 28.8 Å². The molecule has 84 valence electrons. The van der Waals surface area contributed by atoms with Gasteiger partial charge in [-0.25, -0.2) is 0 Å². The molecule has 2 N–H and O–H groups in total. The van der Waals surface area contributed by atoms with Crippen LogP contribution in [0.5, 0.6) is 5.75 Å². The minimum Gasteiger partial charge on any atom is -0.493 e. The average Bonchev–Trinajstić information content (AvgIpc) is 2.20. The van der Waals surface area contributed by atoms with E-state index in [2.05, 4.69) is 0 Å². The number of nitrogens with two attached hydrogens (primary N) is 1. The Morgan fingerprint density at radius 2 is 2.07 bits per heavy atom. The van der Waals surface area contributed by atoms with Crippen LogP contribution in [0.1, 0.15) is 24.8 Å². The highest BCUT2D eigenvalue weighted by molar-refractivity contribution is 6.30. The van der Waals surface area contributed by atoms with Gasteiger partial charge < -0.3 is 10.5 Å². The van der Waals surface area contributed by atoms with Crippen molar-refractivity contribution in [3.63, 3.8) is 0 Å². The van der Waals surface area contributed by atoms with Gasteiger partial charge in [0.15, 0.2) is 0 Å². The van der Waals surface area contributed by atoms with Gasteiger partial charge in [0.25, 0.3) is 0 Å². The van der Waals surface area contributed by atoms with E-state index in [1.807, 2.05) is 25.1 Å². The number of aryl methyl sites for hydroxylation is 1. The van der Waals surface area contributed by atoms with E-state index in [9.17, 15) is 0 Å². The Balaban J connectivity index is 2.31. The van der Waals surface area contributed by atoms with Gasteiger partial charge in [-0.15, -0.1) is 0 Å². The first-order valence-corrected chi connectivity index (χ1v) is 5.71. The molecule has 0 heterocycles. The van der Waals surface area contributed by atoms with E-state index in [0.29, 0.717) is 0 Å². The van der Waals surface area contributed by atoms with Gasteiger partial charge in [0.1, 0.15) is 5.75 Å². The molecule has 0 saturated carbocycles. The highest BCUT2D eigenvalue weighted by Crippen LogP contribution is 2.21. The minimum atomic E-state index is 0.752. The molecule has 0 unspecified atom stereocenters. The SMILES string of the molecule is Cc1cc(Cl)ccc1OCCCCCN. The van der Waals surface area contributed by atoms with Crippen LogP contribution >= 0.6 is 11.6 Å². The highest BCUT2D eigenvalue weighted by atomic mass is 35.5. The molecule has 0 aliphatic heterocycles. The smallest absolute Gasteiger partial charge is 0.122 e. The van der Waals surface area contributed by atoms with E-state index in [-0.39, 0.29) is 0 Å². The molecule has 0 spiro atoms. The quantitative estimate of drug-likeness (QED) is 0.758. The van der Waals surface area contributed by atoms with E-state index in [1.165, 1.54) is 0 Å². The van der Waals surface area contributed by atoms with Crippen molar-refractivity contribution in [1.82, 2.24) is 0 Å². The summed E-state index contributed by atoms with van der Waals surface area (Å²) in [4.78, 5) is 0. The summed E-state index contributed by atoms with van der Waals surface area (Å²) in [6.45, 7) is 3.52. The lowest BCUT2D eigenvalue weighted by atomic mass is 10.2. The molecule has 3 heteroatoms. The van der Waals surface area contributed by atoms with Gasteiger partial charge in [-0.1, -0.05) is 11.6 Å². The fourth-order valence-electron chi connectivity index (χ4n) is 1.38. The Hall–Kier alpha value is -0.730. The molecular weight excluding hydrogens is 210 g/mol. The molecule has 0 aliphatic carbocycles. The lowest BCUT2D eigenvalue weighted by Crippen LogP contribution is -2.02. The van der Waals surface area contributed by atoms with Gasteiger partial charge in [-0.05, 0) is 56.5 Å². The Morgan fingerprint density at radius 3 is 2.73 bits per heavy atom. The lowest BCUT2D eigenvalue weighted by Gasteiger charge is -2.08. The fraction of sp³-hybridized carbons (Fsp3) is 0.500. The van der Waals surface area contributed by atoms with E-state index in [0.717, 1.165) is 48.7 Å². The van der Waals surface area contributed by atoms with Gasteiger partial charge in [-0.3, -0.25) is 0 Å². The predicted octanol–water partition coefficient (Wildman–Crippen LogP) is 3.16. The molecule has 15 heavy (non-hydrogen) atoms. The minimum absolute atomic E-state index is 0.752. The van der Waals surface area contributed by atoms with Crippen LogP contribution in [0.4, 0.5) is 0 Å². The lowest BCUT2D eigenvalue weighted by molar-refractivity contribution is 0.304. The zero-order valence-electron chi connectivity index (χ0n) is 9.13. The summed E-state index contributed by atoms with van der Waals surface area (Å²) in [5.41, 5.74) is 6.49. The molecule has 0 bridgehead atoms. The second-order valence-corrected chi connectivity index (χ2v) is 4.04. The maximum Gasteiger partial charge on any atom is 0.122 e. The van der Waals surface area contributed by atoms with Crippen molar-refractivity contribution in [2.45, 2.75) is 26.2 Å². The first-order chi connectivity index (χ1) is 7.24. The normalized spacial score (nSPS) is 10.3. The van der Waals surface area contributed by atoms with Crippen molar-refractivity contribution >= 4 is 11.6 Å². The second kappa shape index (κ2) is 6.70. The zero-order chi connectivity index (χ0) is 11.1. The standard InChI is InChI=1S/C12H18ClNO/c1-10-9-11(13)5-6-12(10)15-8-4-2-3-7-14/h5-6,9H,2-4,7-8,14H2,1H3.